The second-order valence-electron chi connectivity index (χ2n) is 5.34. The van der Waals surface area contributed by atoms with Gasteiger partial charge in [0.2, 0.25) is 0 Å². The average Bonchev–Trinajstić information content (AvgIpc) is 2.51. The maximum atomic E-state index is 12.3. The standard InChI is InChI=1S/C17H13NO3S/c1-22(19,20)17-11-6-2-4-8-14(11)18-16-12-7-3-5-9-15(12)21-10-13(16)17/h2-9H,10H2,1H3. The zero-order valence-electron chi connectivity index (χ0n) is 11.9. The molecule has 4 rings (SSSR count). The second kappa shape index (κ2) is 4.55. The van der Waals surface area contributed by atoms with Gasteiger partial charge in [0.15, 0.2) is 9.84 Å². The maximum Gasteiger partial charge on any atom is 0.176 e. The van der Waals surface area contributed by atoms with E-state index >= 15 is 0 Å². The molecule has 0 aliphatic carbocycles. The topological polar surface area (TPSA) is 56.3 Å². The quantitative estimate of drug-likeness (QED) is 0.692. The molecule has 4 nitrogen and oxygen atoms in total. The molecule has 0 spiro atoms. The van der Waals surface area contributed by atoms with E-state index < -0.39 is 9.84 Å². The normalized spacial score (nSPS) is 13.3. The highest BCUT2D eigenvalue weighted by Gasteiger charge is 2.27. The van der Waals surface area contributed by atoms with Crippen LogP contribution < -0.4 is 4.74 Å². The molecule has 2 heterocycles. The highest BCUT2D eigenvalue weighted by molar-refractivity contribution is 7.91. The van der Waals surface area contributed by atoms with Crippen LogP contribution >= 0.6 is 0 Å². The van der Waals surface area contributed by atoms with Crippen molar-refractivity contribution in [1.29, 1.82) is 0 Å². The largest absolute Gasteiger partial charge is 0.488 e. The van der Waals surface area contributed by atoms with Crippen molar-refractivity contribution in [2.24, 2.45) is 0 Å². The number of hydrogen-bond donors (Lipinski definition) is 0. The summed E-state index contributed by atoms with van der Waals surface area (Å²) >= 11 is 0. The molecule has 0 atom stereocenters. The molecular formula is C17H13NO3S. The molecule has 22 heavy (non-hydrogen) atoms. The van der Waals surface area contributed by atoms with Crippen LogP contribution in [0.25, 0.3) is 22.2 Å². The van der Waals surface area contributed by atoms with Crippen LogP contribution in [-0.4, -0.2) is 19.7 Å². The van der Waals surface area contributed by atoms with Crippen molar-refractivity contribution in [3.8, 4) is 17.0 Å². The number of rotatable bonds is 1. The molecule has 0 amide bonds. The molecule has 1 aromatic heterocycles. The molecule has 0 bridgehead atoms. The van der Waals surface area contributed by atoms with E-state index in [9.17, 15) is 8.42 Å². The van der Waals surface area contributed by atoms with E-state index in [1.54, 1.807) is 6.07 Å². The van der Waals surface area contributed by atoms with Crippen LogP contribution in [0.2, 0.25) is 0 Å². The van der Waals surface area contributed by atoms with E-state index in [0.29, 0.717) is 27.1 Å². The van der Waals surface area contributed by atoms with Crippen LogP contribution in [0, 0.1) is 0 Å². The van der Waals surface area contributed by atoms with Crippen molar-refractivity contribution >= 4 is 20.7 Å². The monoisotopic (exact) mass is 311 g/mol. The molecule has 0 unspecified atom stereocenters. The van der Waals surface area contributed by atoms with Crippen LogP contribution in [0.1, 0.15) is 5.56 Å². The lowest BCUT2D eigenvalue weighted by Gasteiger charge is -2.23. The fraction of sp³-hybridized carbons (Fsp3) is 0.118. The third-order valence-electron chi connectivity index (χ3n) is 3.83. The average molecular weight is 311 g/mol. The number of benzene rings is 2. The van der Waals surface area contributed by atoms with Crippen molar-refractivity contribution in [2.75, 3.05) is 6.26 Å². The Kier molecular flexibility index (Phi) is 2.74. The van der Waals surface area contributed by atoms with Gasteiger partial charge in [0.05, 0.1) is 16.1 Å². The number of nitrogens with zero attached hydrogens (tertiary/aromatic N) is 1. The number of hydrogen-bond acceptors (Lipinski definition) is 4. The molecule has 0 saturated carbocycles. The zero-order chi connectivity index (χ0) is 15.3. The second-order valence-corrected chi connectivity index (χ2v) is 7.29. The SMILES string of the molecule is CS(=O)(=O)c1c2c(nc3ccccc13)-c1ccccc1OC2. The Labute approximate surface area is 128 Å². The van der Waals surface area contributed by atoms with E-state index in [1.807, 2.05) is 42.5 Å². The lowest BCUT2D eigenvalue weighted by atomic mass is 10.0. The van der Waals surface area contributed by atoms with Crippen LogP contribution in [0.3, 0.4) is 0 Å². The van der Waals surface area contributed by atoms with Gasteiger partial charge in [-0.1, -0.05) is 30.3 Å². The molecule has 1 aliphatic heterocycles. The smallest absolute Gasteiger partial charge is 0.176 e. The number of sulfone groups is 1. The molecule has 0 fully saturated rings. The van der Waals surface area contributed by atoms with Gasteiger partial charge in [0, 0.05) is 22.8 Å². The number of aromatic nitrogens is 1. The minimum atomic E-state index is -3.39. The van der Waals surface area contributed by atoms with Crippen molar-refractivity contribution in [2.45, 2.75) is 11.5 Å². The first-order valence-electron chi connectivity index (χ1n) is 6.89. The van der Waals surface area contributed by atoms with Crippen molar-refractivity contribution < 1.29 is 13.2 Å². The Morgan fingerprint density at radius 2 is 1.77 bits per heavy atom. The van der Waals surface area contributed by atoms with Gasteiger partial charge < -0.3 is 4.74 Å². The van der Waals surface area contributed by atoms with E-state index in [4.69, 9.17) is 4.74 Å². The number of fused-ring (bicyclic) bond motifs is 4. The summed E-state index contributed by atoms with van der Waals surface area (Å²) in [6, 6.07) is 14.9. The van der Waals surface area contributed by atoms with Gasteiger partial charge in [-0.05, 0) is 18.2 Å². The summed E-state index contributed by atoms with van der Waals surface area (Å²) in [7, 11) is -3.39. The lowest BCUT2D eigenvalue weighted by molar-refractivity contribution is 0.298. The lowest BCUT2D eigenvalue weighted by Crippen LogP contribution is -2.13. The maximum absolute atomic E-state index is 12.3. The van der Waals surface area contributed by atoms with E-state index in [0.717, 1.165) is 11.3 Å². The molecule has 0 N–H and O–H groups in total. The Hall–Kier alpha value is -2.40. The van der Waals surface area contributed by atoms with Gasteiger partial charge in [-0.2, -0.15) is 0 Å². The van der Waals surface area contributed by atoms with Crippen LogP contribution in [0.15, 0.2) is 53.4 Å². The molecule has 0 saturated heterocycles. The van der Waals surface area contributed by atoms with Gasteiger partial charge in [-0.25, -0.2) is 13.4 Å². The zero-order valence-corrected chi connectivity index (χ0v) is 12.7. The third kappa shape index (κ3) is 1.89. The van der Waals surface area contributed by atoms with Crippen LogP contribution in [-0.2, 0) is 16.4 Å². The Morgan fingerprint density at radius 1 is 1.05 bits per heavy atom. The summed E-state index contributed by atoms with van der Waals surface area (Å²) in [6.07, 6.45) is 1.23. The Morgan fingerprint density at radius 3 is 2.59 bits per heavy atom. The van der Waals surface area contributed by atoms with Crippen LogP contribution in [0.5, 0.6) is 5.75 Å². The fourth-order valence-electron chi connectivity index (χ4n) is 2.94. The van der Waals surface area contributed by atoms with Gasteiger partial charge in [-0.3, -0.25) is 0 Å². The van der Waals surface area contributed by atoms with Crippen molar-refractivity contribution in [3.63, 3.8) is 0 Å². The van der Waals surface area contributed by atoms with Gasteiger partial charge in [0.1, 0.15) is 12.4 Å². The minimum Gasteiger partial charge on any atom is -0.488 e. The third-order valence-corrected chi connectivity index (χ3v) is 5.03. The summed E-state index contributed by atoms with van der Waals surface area (Å²) in [5.74, 6) is 0.734. The fourth-order valence-corrected chi connectivity index (χ4v) is 4.11. The van der Waals surface area contributed by atoms with Crippen LogP contribution in [0.4, 0.5) is 0 Å². The van der Waals surface area contributed by atoms with E-state index in [-0.39, 0.29) is 6.61 Å². The molecule has 3 aromatic rings. The number of para-hydroxylation sites is 2. The predicted molar refractivity (Wildman–Crippen MR) is 84.6 cm³/mol. The molecule has 2 aromatic carbocycles. The molecule has 5 heteroatoms. The predicted octanol–water partition coefficient (Wildman–Crippen LogP) is 3.20. The summed E-state index contributed by atoms with van der Waals surface area (Å²) in [5, 5.41) is 0.645. The highest BCUT2D eigenvalue weighted by atomic mass is 32.2. The summed E-state index contributed by atoms with van der Waals surface area (Å²) in [5.41, 5.74) is 2.85. The Balaban J connectivity index is 2.19. The molecule has 0 radical (unpaired) electrons. The molecular weight excluding hydrogens is 298 g/mol. The highest BCUT2D eigenvalue weighted by Crippen LogP contribution is 2.40. The molecule has 1 aliphatic rings. The Bertz CT molecular complexity index is 1010. The van der Waals surface area contributed by atoms with E-state index in [1.165, 1.54) is 6.26 Å². The summed E-state index contributed by atoms with van der Waals surface area (Å²) in [4.78, 5) is 5.01. The summed E-state index contributed by atoms with van der Waals surface area (Å²) < 4.78 is 30.4. The first kappa shape index (κ1) is 13.3. The van der Waals surface area contributed by atoms with Gasteiger partial charge in [-0.15, -0.1) is 0 Å². The number of ether oxygens (including phenoxy) is 1. The van der Waals surface area contributed by atoms with Gasteiger partial charge in [0.25, 0.3) is 0 Å². The number of pyridine rings is 1. The summed E-state index contributed by atoms with van der Waals surface area (Å²) in [6.45, 7) is 0.215. The molecule has 110 valence electrons. The first-order chi connectivity index (χ1) is 10.6. The van der Waals surface area contributed by atoms with Gasteiger partial charge >= 0.3 is 0 Å². The van der Waals surface area contributed by atoms with Crippen molar-refractivity contribution in [3.05, 3.63) is 54.1 Å². The van der Waals surface area contributed by atoms with E-state index in [2.05, 4.69) is 4.98 Å². The first-order valence-corrected chi connectivity index (χ1v) is 8.79. The minimum absolute atomic E-state index is 0.215. The van der Waals surface area contributed by atoms with Crippen molar-refractivity contribution in [1.82, 2.24) is 4.98 Å².